The van der Waals surface area contributed by atoms with Crippen LogP contribution < -0.4 is 11.0 Å². The lowest BCUT2D eigenvalue weighted by atomic mass is 10.0. The van der Waals surface area contributed by atoms with E-state index in [-0.39, 0.29) is 12.1 Å². The third-order valence-corrected chi connectivity index (χ3v) is 6.54. The smallest absolute Gasteiger partial charge is 0.435 e. The lowest BCUT2D eigenvalue weighted by Crippen LogP contribution is -2.53. The zero-order valence-electron chi connectivity index (χ0n) is 23.9. The van der Waals surface area contributed by atoms with Gasteiger partial charge in [-0.05, 0) is 78.6 Å². The second kappa shape index (κ2) is 10.5. The first-order chi connectivity index (χ1) is 18.9. The molecular weight excluding hydrogens is 510 g/mol. The van der Waals surface area contributed by atoms with E-state index >= 15 is 0 Å². The minimum absolute atomic E-state index is 0.0808. The predicted molar refractivity (Wildman–Crippen MR) is 152 cm³/mol. The molecule has 1 fully saturated rings. The fourth-order valence-electron chi connectivity index (χ4n) is 4.80. The Labute approximate surface area is 234 Å². The van der Waals surface area contributed by atoms with Crippen molar-refractivity contribution in [3.05, 3.63) is 54.5 Å². The van der Waals surface area contributed by atoms with Gasteiger partial charge in [0.05, 0.1) is 17.3 Å². The van der Waals surface area contributed by atoms with Crippen LogP contribution in [0, 0.1) is 0 Å². The summed E-state index contributed by atoms with van der Waals surface area (Å²) in [6, 6.07) is 9.64. The lowest BCUT2D eigenvalue weighted by Gasteiger charge is -2.37. The predicted octanol–water partition coefficient (Wildman–Crippen LogP) is 4.90. The molecule has 0 unspecified atom stereocenters. The number of nitrogens with zero attached hydrogens (tertiary/aromatic N) is 5. The number of nitrogens with one attached hydrogen (secondary N) is 2. The molecule has 11 heteroatoms. The first-order valence-electron chi connectivity index (χ1n) is 13.5. The molecule has 4 heterocycles. The Balaban J connectivity index is 1.43. The summed E-state index contributed by atoms with van der Waals surface area (Å²) in [6.45, 7) is 12.3. The zero-order valence-corrected chi connectivity index (χ0v) is 23.9. The van der Waals surface area contributed by atoms with E-state index in [1.165, 1.54) is 4.68 Å². The average molecular weight is 548 g/mol. The number of carbonyl (C=O) groups is 2. The largest absolute Gasteiger partial charge is 0.444 e. The molecule has 5 rings (SSSR count). The van der Waals surface area contributed by atoms with Gasteiger partial charge >= 0.3 is 12.2 Å². The van der Waals surface area contributed by atoms with E-state index in [1.54, 1.807) is 17.3 Å². The summed E-state index contributed by atoms with van der Waals surface area (Å²) in [5.74, 6) is 0. The van der Waals surface area contributed by atoms with Gasteiger partial charge in [-0.15, -0.1) is 5.53 Å². The standard InChI is InChI=1S/C29H37N7O4/c1-28(2,3)39-26(37)34-15-7-8-21(17-34)35-18-23(31-33-35)20-9-10-24-22(16-20)25(19-11-13-30-14-12-19)32-36(24)27(38)40-29(4,5)6/h9-14,16,18,21,31,33H,7-8,15,17H2,1-6H3/t21-/m1/s1. The van der Waals surface area contributed by atoms with Gasteiger partial charge in [0.1, 0.15) is 16.9 Å². The summed E-state index contributed by atoms with van der Waals surface area (Å²) in [4.78, 5) is 31.6. The third kappa shape index (κ3) is 6.04. The molecule has 2 aliphatic rings. The van der Waals surface area contributed by atoms with Crippen LogP contribution in [-0.2, 0) is 9.47 Å². The number of ether oxygens (including phenoxy) is 2. The summed E-state index contributed by atoms with van der Waals surface area (Å²) < 4.78 is 12.5. The number of pyridine rings is 1. The molecule has 0 radical (unpaired) electrons. The lowest BCUT2D eigenvalue weighted by molar-refractivity contribution is 0.0107. The van der Waals surface area contributed by atoms with Crippen molar-refractivity contribution < 1.29 is 19.1 Å². The minimum Gasteiger partial charge on any atom is -0.444 e. The van der Waals surface area contributed by atoms with Crippen LogP contribution in [0.1, 0.15) is 59.9 Å². The Bertz CT molecular complexity index is 1440. The van der Waals surface area contributed by atoms with Gasteiger partial charge in [-0.25, -0.2) is 9.59 Å². The van der Waals surface area contributed by atoms with Crippen molar-refractivity contribution in [3.8, 4) is 11.3 Å². The van der Waals surface area contributed by atoms with Crippen LogP contribution in [0.5, 0.6) is 0 Å². The minimum atomic E-state index is -0.655. The van der Waals surface area contributed by atoms with E-state index in [9.17, 15) is 9.59 Å². The van der Waals surface area contributed by atoms with Crippen LogP contribution in [0.4, 0.5) is 9.59 Å². The maximum Gasteiger partial charge on any atom is 0.435 e. The number of benzene rings is 1. The monoisotopic (exact) mass is 547 g/mol. The van der Waals surface area contributed by atoms with Gasteiger partial charge in [0.15, 0.2) is 0 Å². The highest BCUT2D eigenvalue weighted by Crippen LogP contribution is 2.31. The van der Waals surface area contributed by atoms with E-state index < -0.39 is 17.3 Å². The van der Waals surface area contributed by atoms with Crippen LogP contribution in [0.2, 0.25) is 0 Å². The number of aromatic nitrogens is 3. The molecule has 2 aliphatic heterocycles. The molecule has 2 aromatic heterocycles. The highest BCUT2D eigenvalue weighted by Gasteiger charge is 2.32. The first-order valence-corrected chi connectivity index (χ1v) is 13.5. The van der Waals surface area contributed by atoms with E-state index in [0.717, 1.165) is 35.1 Å². The Morgan fingerprint density at radius 1 is 0.950 bits per heavy atom. The van der Waals surface area contributed by atoms with Gasteiger partial charge in [0.2, 0.25) is 0 Å². The number of piperidine rings is 1. The van der Waals surface area contributed by atoms with Crippen molar-refractivity contribution in [1.29, 1.82) is 0 Å². The number of rotatable bonds is 3. The van der Waals surface area contributed by atoms with Gasteiger partial charge < -0.3 is 19.8 Å². The highest BCUT2D eigenvalue weighted by molar-refractivity contribution is 5.99. The van der Waals surface area contributed by atoms with Crippen LogP contribution in [0.3, 0.4) is 0 Å². The normalized spacial score (nSPS) is 17.9. The number of fused-ring (bicyclic) bond motifs is 1. The van der Waals surface area contributed by atoms with Crippen molar-refractivity contribution in [2.45, 2.75) is 71.6 Å². The zero-order chi connectivity index (χ0) is 28.7. The van der Waals surface area contributed by atoms with Crippen molar-refractivity contribution >= 4 is 28.8 Å². The Morgan fingerprint density at radius 3 is 2.35 bits per heavy atom. The molecule has 0 spiro atoms. The van der Waals surface area contributed by atoms with Crippen molar-refractivity contribution in [1.82, 2.24) is 35.6 Å². The SMILES string of the molecule is CC(C)(C)OC(=O)N1CCC[C@@H](N2C=C(c3ccc4c(c3)c(-c3ccncc3)nn4C(=O)OC(C)(C)C)NN2)C1. The molecule has 1 saturated heterocycles. The molecule has 40 heavy (non-hydrogen) atoms. The van der Waals surface area contributed by atoms with E-state index in [0.29, 0.717) is 24.3 Å². The molecule has 1 aromatic carbocycles. The average Bonchev–Trinajstić information content (AvgIpc) is 3.53. The van der Waals surface area contributed by atoms with Crippen molar-refractivity contribution in [3.63, 3.8) is 0 Å². The molecule has 0 saturated carbocycles. The van der Waals surface area contributed by atoms with Crippen molar-refractivity contribution in [2.75, 3.05) is 13.1 Å². The van der Waals surface area contributed by atoms with Gasteiger partial charge in [-0.1, -0.05) is 6.07 Å². The molecule has 212 valence electrons. The molecular formula is C29H37N7O4. The second-order valence-corrected chi connectivity index (χ2v) is 12.1. The van der Waals surface area contributed by atoms with Gasteiger partial charge in [-0.2, -0.15) is 9.78 Å². The number of hydrogen-bond acceptors (Lipinski definition) is 9. The van der Waals surface area contributed by atoms with Crippen molar-refractivity contribution in [2.24, 2.45) is 0 Å². The van der Waals surface area contributed by atoms with Gasteiger partial charge in [-0.3, -0.25) is 9.99 Å². The summed E-state index contributed by atoms with van der Waals surface area (Å²) >= 11 is 0. The van der Waals surface area contributed by atoms with Crippen LogP contribution in [0.25, 0.3) is 27.9 Å². The van der Waals surface area contributed by atoms with Crippen LogP contribution in [0.15, 0.2) is 48.9 Å². The van der Waals surface area contributed by atoms with Gasteiger partial charge in [0.25, 0.3) is 0 Å². The number of hydrazine groups is 2. The summed E-state index contributed by atoms with van der Waals surface area (Å²) in [6.07, 6.45) is 6.40. The second-order valence-electron chi connectivity index (χ2n) is 12.1. The summed E-state index contributed by atoms with van der Waals surface area (Å²) in [5.41, 5.74) is 9.24. The number of carbonyl (C=O) groups excluding carboxylic acids is 2. The summed E-state index contributed by atoms with van der Waals surface area (Å²) in [5, 5.41) is 7.46. The number of likely N-dealkylation sites (tertiary alicyclic amines) is 1. The molecule has 11 nitrogen and oxygen atoms in total. The summed E-state index contributed by atoms with van der Waals surface area (Å²) in [7, 11) is 0. The molecule has 2 N–H and O–H groups in total. The Kier molecular flexibility index (Phi) is 7.17. The number of hydrogen-bond donors (Lipinski definition) is 2. The van der Waals surface area contributed by atoms with Crippen LogP contribution >= 0.6 is 0 Å². The Morgan fingerprint density at radius 2 is 1.65 bits per heavy atom. The third-order valence-electron chi connectivity index (χ3n) is 6.54. The maximum atomic E-state index is 13.0. The molecule has 0 bridgehead atoms. The van der Waals surface area contributed by atoms with Crippen LogP contribution in [-0.4, -0.2) is 67.2 Å². The van der Waals surface area contributed by atoms with E-state index in [2.05, 4.69) is 21.0 Å². The molecule has 3 aromatic rings. The van der Waals surface area contributed by atoms with Gasteiger partial charge in [0, 0.05) is 48.2 Å². The highest BCUT2D eigenvalue weighted by atomic mass is 16.6. The van der Waals surface area contributed by atoms with E-state index in [4.69, 9.17) is 9.47 Å². The molecule has 1 atom stereocenters. The van der Waals surface area contributed by atoms with E-state index in [1.807, 2.05) is 83.1 Å². The topological polar surface area (TPSA) is 114 Å². The fourth-order valence-corrected chi connectivity index (χ4v) is 4.80. The quantitative estimate of drug-likeness (QED) is 0.472. The molecule has 1 amide bonds. The molecule has 0 aliphatic carbocycles. The fraction of sp³-hybridized carbons (Fsp3) is 0.448. The first kappa shape index (κ1) is 27.4. The number of amides is 1. The maximum absolute atomic E-state index is 13.0. The Hall–Kier alpha value is -4.12.